The average Bonchev–Trinajstić information content (AvgIpc) is 2.56. The molecule has 4 heteroatoms. The van der Waals surface area contributed by atoms with Crippen molar-refractivity contribution in [2.45, 2.75) is 50.4 Å². The fraction of sp³-hybridized carbons (Fsp3) is 0.500. The molecule has 122 valence electrons. The van der Waals surface area contributed by atoms with Crippen LogP contribution in [0.4, 0.5) is 0 Å². The Morgan fingerprint density at radius 1 is 1.27 bits per heavy atom. The number of unbranched alkanes of at least 4 members (excludes halogenated alkanes) is 3. The summed E-state index contributed by atoms with van der Waals surface area (Å²) in [6, 6.07) is 11.1. The third kappa shape index (κ3) is 8.91. The Morgan fingerprint density at radius 3 is 2.73 bits per heavy atom. The summed E-state index contributed by atoms with van der Waals surface area (Å²) in [7, 11) is 1.40. The normalized spacial score (nSPS) is 12.3. The molecule has 0 aliphatic carbocycles. The van der Waals surface area contributed by atoms with Crippen LogP contribution in [0.1, 0.15) is 39.0 Å². The van der Waals surface area contributed by atoms with E-state index in [0.717, 1.165) is 11.7 Å². The number of rotatable bonds is 11. The topological polar surface area (TPSA) is 38.3 Å². The van der Waals surface area contributed by atoms with E-state index in [4.69, 9.17) is 0 Å². The molecular weight excluding hydrogens is 341 g/mol. The number of carbonyl (C=O) groups excluding carboxylic acids is 1. The van der Waals surface area contributed by atoms with Crippen molar-refractivity contribution >= 4 is 25.4 Å². The zero-order chi connectivity index (χ0) is 16.0. The molecule has 1 N–H and O–H groups in total. The minimum absolute atomic E-state index is 0.314. The van der Waals surface area contributed by atoms with E-state index in [-0.39, 0.29) is 5.97 Å². The zero-order valence-electron chi connectivity index (χ0n) is 13.6. The van der Waals surface area contributed by atoms with Gasteiger partial charge in [-0.3, -0.25) is 0 Å². The third-order valence-electron chi connectivity index (χ3n) is 3.35. The molecular formula is C18H27NO2Se. The van der Waals surface area contributed by atoms with Crippen molar-refractivity contribution < 1.29 is 9.53 Å². The Balaban J connectivity index is 2.42. The molecule has 22 heavy (non-hydrogen) atoms. The van der Waals surface area contributed by atoms with E-state index in [0.29, 0.717) is 21.0 Å². The second-order valence-electron chi connectivity index (χ2n) is 5.19. The van der Waals surface area contributed by atoms with Gasteiger partial charge in [-0.25, -0.2) is 0 Å². The van der Waals surface area contributed by atoms with Gasteiger partial charge in [0.1, 0.15) is 0 Å². The van der Waals surface area contributed by atoms with Gasteiger partial charge in [0.2, 0.25) is 0 Å². The first-order valence-corrected chi connectivity index (χ1v) is 10.0. The molecule has 0 aromatic heterocycles. The van der Waals surface area contributed by atoms with E-state index in [9.17, 15) is 4.79 Å². The minimum atomic E-state index is -0.314. The summed E-state index contributed by atoms with van der Waals surface area (Å²) in [6.45, 7) is 2.23. The van der Waals surface area contributed by atoms with Gasteiger partial charge in [-0.1, -0.05) is 0 Å². The molecule has 3 nitrogen and oxygen atoms in total. The fourth-order valence-electron chi connectivity index (χ4n) is 2.07. The van der Waals surface area contributed by atoms with Crippen molar-refractivity contribution in [3.63, 3.8) is 0 Å². The molecule has 0 fully saturated rings. The summed E-state index contributed by atoms with van der Waals surface area (Å²) in [5.41, 5.74) is 0. The third-order valence-corrected chi connectivity index (χ3v) is 5.82. The molecule has 1 aromatic rings. The SMILES string of the molecule is CCCCCCC(C[Se]c1ccccc1)N/C=C\C(=O)OC. The van der Waals surface area contributed by atoms with Crippen LogP contribution in [0.15, 0.2) is 42.6 Å². The predicted molar refractivity (Wildman–Crippen MR) is 93.5 cm³/mol. The molecule has 0 radical (unpaired) electrons. The van der Waals surface area contributed by atoms with Crippen LogP contribution in [0.2, 0.25) is 5.32 Å². The number of hydrogen-bond acceptors (Lipinski definition) is 3. The van der Waals surface area contributed by atoms with Crippen LogP contribution in [0.25, 0.3) is 0 Å². The summed E-state index contributed by atoms with van der Waals surface area (Å²) in [5, 5.41) is 4.50. The number of esters is 1. The molecule has 1 rings (SSSR count). The van der Waals surface area contributed by atoms with Gasteiger partial charge in [0.15, 0.2) is 0 Å². The van der Waals surface area contributed by atoms with Crippen LogP contribution in [0.3, 0.4) is 0 Å². The Morgan fingerprint density at radius 2 is 2.05 bits per heavy atom. The monoisotopic (exact) mass is 369 g/mol. The van der Waals surface area contributed by atoms with Gasteiger partial charge < -0.3 is 0 Å². The van der Waals surface area contributed by atoms with Gasteiger partial charge >= 0.3 is 140 Å². The number of ether oxygens (including phenoxy) is 1. The molecule has 0 heterocycles. The molecule has 1 atom stereocenters. The summed E-state index contributed by atoms with van der Waals surface area (Å²) in [6.07, 6.45) is 9.42. The summed E-state index contributed by atoms with van der Waals surface area (Å²) in [4.78, 5) is 11.1. The first-order chi connectivity index (χ1) is 10.8. The Kier molecular flexibility index (Phi) is 10.5. The Hall–Kier alpha value is -1.25. The summed E-state index contributed by atoms with van der Waals surface area (Å²) < 4.78 is 6.04. The first-order valence-electron chi connectivity index (χ1n) is 7.94. The fourth-order valence-corrected chi connectivity index (χ4v) is 4.18. The summed E-state index contributed by atoms with van der Waals surface area (Å²) in [5.74, 6) is -0.314. The van der Waals surface area contributed by atoms with Crippen LogP contribution in [-0.2, 0) is 9.53 Å². The maximum absolute atomic E-state index is 11.1. The number of nitrogens with one attached hydrogen (secondary N) is 1. The number of benzene rings is 1. The molecule has 0 aliphatic rings. The first kappa shape index (κ1) is 18.8. The van der Waals surface area contributed by atoms with E-state index < -0.39 is 0 Å². The quantitative estimate of drug-likeness (QED) is 0.282. The van der Waals surface area contributed by atoms with Crippen LogP contribution < -0.4 is 9.78 Å². The van der Waals surface area contributed by atoms with Crippen molar-refractivity contribution in [1.82, 2.24) is 5.32 Å². The van der Waals surface area contributed by atoms with Crippen LogP contribution in [0.5, 0.6) is 0 Å². The molecule has 0 saturated carbocycles. The molecule has 0 aliphatic heterocycles. The van der Waals surface area contributed by atoms with Crippen molar-refractivity contribution in [1.29, 1.82) is 0 Å². The van der Waals surface area contributed by atoms with Gasteiger partial charge in [0.05, 0.1) is 0 Å². The van der Waals surface area contributed by atoms with E-state index in [1.54, 1.807) is 6.20 Å². The van der Waals surface area contributed by atoms with Crippen LogP contribution in [0, 0.1) is 0 Å². The van der Waals surface area contributed by atoms with E-state index in [1.807, 2.05) is 0 Å². The Labute approximate surface area is 140 Å². The number of carbonyl (C=O) groups is 1. The molecule has 0 amide bonds. The summed E-state index contributed by atoms with van der Waals surface area (Å²) >= 11 is 0.461. The molecule has 0 bridgehead atoms. The van der Waals surface area contributed by atoms with Gasteiger partial charge in [-0.2, -0.15) is 0 Å². The standard InChI is InChI=1S/C18H27NO2Se/c1-3-4-5-7-10-16(19-14-13-18(20)21-2)15-22-17-11-8-6-9-12-17/h6,8-9,11-14,16,19H,3-5,7,10,15H2,1-2H3/b14-13-. The second kappa shape index (κ2) is 12.3. The van der Waals surface area contributed by atoms with Crippen molar-refractivity contribution in [3.8, 4) is 0 Å². The van der Waals surface area contributed by atoms with Crippen molar-refractivity contribution in [2.24, 2.45) is 0 Å². The number of hydrogen-bond donors (Lipinski definition) is 1. The van der Waals surface area contributed by atoms with Crippen LogP contribution >= 0.6 is 0 Å². The van der Waals surface area contributed by atoms with E-state index >= 15 is 0 Å². The molecule has 0 spiro atoms. The van der Waals surface area contributed by atoms with Gasteiger partial charge in [0, 0.05) is 0 Å². The van der Waals surface area contributed by atoms with E-state index in [1.165, 1.54) is 43.3 Å². The predicted octanol–water partition coefficient (Wildman–Crippen LogP) is 3.05. The zero-order valence-corrected chi connectivity index (χ0v) is 15.3. The van der Waals surface area contributed by atoms with Gasteiger partial charge in [-0.15, -0.1) is 0 Å². The second-order valence-corrected chi connectivity index (χ2v) is 7.49. The molecule has 0 saturated heterocycles. The number of methoxy groups -OCH3 is 1. The van der Waals surface area contributed by atoms with Crippen molar-refractivity contribution in [2.75, 3.05) is 7.11 Å². The van der Waals surface area contributed by atoms with Gasteiger partial charge in [0.25, 0.3) is 0 Å². The molecule has 1 unspecified atom stereocenters. The van der Waals surface area contributed by atoms with Crippen molar-refractivity contribution in [3.05, 3.63) is 42.6 Å². The van der Waals surface area contributed by atoms with Crippen LogP contribution in [-0.4, -0.2) is 34.1 Å². The maximum atomic E-state index is 11.1. The average molecular weight is 368 g/mol. The molecule has 1 aromatic carbocycles. The Bertz CT molecular complexity index is 434. The van der Waals surface area contributed by atoms with Gasteiger partial charge in [-0.05, 0) is 0 Å². The van der Waals surface area contributed by atoms with E-state index in [2.05, 4.69) is 47.3 Å².